The van der Waals surface area contributed by atoms with Crippen LogP contribution in [0.15, 0.2) is 36.5 Å². The Hall–Kier alpha value is -1.67. The number of halogens is 1. The van der Waals surface area contributed by atoms with E-state index in [1.165, 1.54) is 0 Å². The van der Waals surface area contributed by atoms with E-state index < -0.39 is 0 Å². The summed E-state index contributed by atoms with van der Waals surface area (Å²) in [6, 6.07) is 9.34. The van der Waals surface area contributed by atoms with E-state index in [1.54, 1.807) is 12.3 Å². The highest BCUT2D eigenvalue weighted by Crippen LogP contribution is 2.24. The molecule has 18 heavy (non-hydrogen) atoms. The van der Waals surface area contributed by atoms with Gasteiger partial charge in [0.15, 0.2) is 0 Å². The Morgan fingerprint density at radius 3 is 2.83 bits per heavy atom. The van der Waals surface area contributed by atoms with Crippen LogP contribution in [-0.4, -0.2) is 10.8 Å². The number of carbonyl (C=O) groups is 1. The second kappa shape index (κ2) is 4.54. The van der Waals surface area contributed by atoms with Crippen LogP contribution in [0.4, 0.5) is 0 Å². The highest BCUT2D eigenvalue weighted by atomic mass is 35.5. The highest BCUT2D eigenvalue weighted by Gasteiger charge is 2.20. The molecule has 1 aromatic heterocycles. The standard InChI is InChI=1S/C15H12ClNO/c16-12-6-7-13-11(9-12)4-1-3-10-5-2-8-17-14(10)15(13)18/h2,5-9H,1,3-4H2. The monoisotopic (exact) mass is 257 g/mol. The largest absolute Gasteiger partial charge is 0.287 e. The summed E-state index contributed by atoms with van der Waals surface area (Å²) in [4.78, 5) is 16.7. The molecule has 3 heteroatoms. The number of hydrogen-bond donors (Lipinski definition) is 0. The molecule has 0 aliphatic heterocycles. The van der Waals surface area contributed by atoms with E-state index >= 15 is 0 Å². The molecule has 0 radical (unpaired) electrons. The summed E-state index contributed by atoms with van der Waals surface area (Å²) in [6.07, 6.45) is 4.46. The fourth-order valence-corrected chi connectivity index (χ4v) is 2.63. The lowest BCUT2D eigenvalue weighted by atomic mass is 9.91. The van der Waals surface area contributed by atoms with Gasteiger partial charge in [0.1, 0.15) is 5.69 Å². The van der Waals surface area contributed by atoms with Gasteiger partial charge in [-0.15, -0.1) is 0 Å². The Kier molecular flexibility index (Phi) is 2.88. The van der Waals surface area contributed by atoms with E-state index in [-0.39, 0.29) is 5.78 Å². The van der Waals surface area contributed by atoms with E-state index in [0.29, 0.717) is 10.7 Å². The molecular formula is C15H12ClNO. The fourth-order valence-electron chi connectivity index (χ4n) is 2.43. The Bertz CT molecular complexity index is 622. The minimum atomic E-state index is 0.0111. The van der Waals surface area contributed by atoms with Crippen molar-refractivity contribution < 1.29 is 4.79 Å². The lowest BCUT2D eigenvalue weighted by Crippen LogP contribution is -2.13. The summed E-state index contributed by atoms with van der Waals surface area (Å²) < 4.78 is 0. The quantitative estimate of drug-likeness (QED) is 0.724. The Balaban J connectivity index is 2.17. The average molecular weight is 258 g/mol. The number of rotatable bonds is 0. The normalized spacial score (nSPS) is 14.4. The van der Waals surface area contributed by atoms with Crippen LogP contribution in [0, 0.1) is 0 Å². The number of aromatic nitrogens is 1. The SMILES string of the molecule is O=C1c2ccc(Cl)cc2CCCc2cccnc21. The zero-order valence-electron chi connectivity index (χ0n) is 9.82. The van der Waals surface area contributed by atoms with Crippen molar-refractivity contribution in [1.29, 1.82) is 0 Å². The average Bonchev–Trinajstić information content (AvgIpc) is 2.37. The van der Waals surface area contributed by atoms with Gasteiger partial charge in [-0.2, -0.15) is 0 Å². The maximum atomic E-state index is 12.5. The molecular weight excluding hydrogens is 246 g/mol. The molecule has 2 nitrogen and oxygen atoms in total. The molecule has 0 saturated carbocycles. The molecule has 0 atom stereocenters. The molecule has 0 N–H and O–H groups in total. The van der Waals surface area contributed by atoms with Crippen LogP contribution in [0.25, 0.3) is 0 Å². The van der Waals surface area contributed by atoms with Gasteiger partial charge in [0, 0.05) is 16.8 Å². The number of nitrogens with zero attached hydrogens (tertiary/aromatic N) is 1. The molecule has 1 heterocycles. The third-order valence-electron chi connectivity index (χ3n) is 3.31. The van der Waals surface area contributed by atoms with Crippen LogP contribution in [0.3, 0.4) is 0 Å². The number of ketones is 1. The lowest BCUT2D eigenvalue weighted by Gasteiger charge is -2.15. The van der Waals surface area contributed by atoms with Gasteiger partial charge in [-0.1, -0.05) is 17.7 Å². The van der Waals surface area contributed by atoms with E-state index in [9.17, 15) is 4.79 Å². The summed E-state index contributed by atoms with van der Waals surface area (Å²) >= 11 is 5.99. The molecule has 0 fully saturated rings. The molecule has 1 aliphatic rings. The minimum absolute atomic E-state index is 0.0111. The zero-order chi connectivity index (χ0) is 12.5. The first-order chi connectivity index (χ1) is 8.75. The predicted octanol–water partition coefficient (Wildman–Crippen LogP) is 3.45. The molecule has 1 aliphatic carbocycles. The summed E-state index contributed by atoms with van der Waals surface area (Å²) in [5, 5.41) is 0.684. The molecule has 90 valence electrons. The number of carbonyl (C=O) groups excluding carboxylic acids is 1. The first-order valence-corrected chi connectivity index (χ1v) is 6.40. The van der Waals surface area contributed by atoms with Crippen molar-refractivity contribution in [1.82, 2.24) is 4.98 Å². The number of fused-ring (bicyclic) bond motifs is 2. The molecule has 0 saturated heterocycles. The van der Waals surface area contributed by atoms with Crippen molar-refractivity contribution in [3.63, 3.8) is 0 Å². The van der Waals surface area contributed by atoms with Gasteiger partial charge in [-0.05, 0) is 54.7 Å². The number of pyridine rings is 1. The molecule has 3 rings (SSSR count). The van der Waals surface area contributed by atoms with Crippen molar-refractivity contribution in [3.8, 4) is 0 Å². The second-order valence-corrected chi connectivity index (χ2v) is 4.93. The second-order valence-electron chi connectivity index (χ2n) is 4.50. The lowest BCUT2D eigenvalue weighted by molar-refractivity contribution is 0.103. The summed E-state index contributed by atoms with van der Waals surface area (Å²) in [5.74, 6) is 0.0111. The maximum Gasteiger partial charge on any atom is 0.211 e. The van der Waals surface area contributed by atoms with Crippen LogP contribution in [-0.2, 0) is 12.8 Å². The van der Waals surface area contributed by atoms with E-state index in [4.69, 9.17) is 11.6 Å². The maximum absolute atomic E-state index is 12.5. The number of benzene rings is 1. The van der Waals surface area contributed by atoms with Crippen molar-refractivity contribution in [2.75, 3.05) is 0 Å². The van der Waals surface area contributed by atoms with Crippen LogP contribution >= 0.6 is 11.6 Å². The Morgan fingerprint density at radius 2 is 1.94 bits per heavy atom. The Morgan fingerprint density at radius 1 is 1.11 bits per heavy atom. The molecule has 2 aromatic rings. The zero-order valence-corrected chi connectivity index (χ0v) is 10.6. The summed E-state index contributed by atoms with van der Waals surface area (Å²) in [5.41, 5.74) is 3.40. The smallest absolute Gasteiger partial charge is 0.211 e. The van der Waals surface area contributed by atoms with E-state index in [2.05, 4.69) is 4.98 Å². The number of hydrogen-bond acceptors (Lipinski definition) is 2. The van der Waals surface area contributed by atoms with Crippen LogP contribution in [0.5, 0.6) is 0 Å². The highest BCUT2D eigenvalue weighted by molar-refractivity contribution is 6.30. The predicted molar refractivity (Wildman–Crippen MR) is 71.1 cm³/mol. The summed E-state index contributed by atoms with van der Waals surface area (Å²) in [7, 11) is 0. The van der Waals surface area contributed by atoms with Gasteiger partial charge in [0.2, 0.25) is 5.78 Å². The van der Waals surface area contributed by atoms with Crippen molar-refractivity contribution in [3.05, 3.63) is 63.9 Å². The molecule has 0 unspecified atom stereocenters. The Labute approximate surface area is 111 Å². The van der Waals surface area contributed by atoms with Gasteiger partial charge >= 0.3 is 0 Å². The topological polar surface area (TPSA) is 30.0 Å². The van der Waals surface area contributed by atoms with Crippen molar-refractivity contribution in [2.24, 2.45) is 0 Å². The first kappa shape index (κ1) is 11.4. The third-order valence-corrected chi connectivity index (χ3v) is 3.55. The molecule has 0 amide bonds. The third kappa shape index (κ3) is 1.93. The van der Waals surface area contributed by atoms with Crippen LogP contribution in [0.1, 0.15) is 33.6 Å². The number of aryl methyl sites for hydroxylation is 2. The van der Waals surface area contributed by atoms with E-state index in [0.717, 1.165) is 36.0 Å². The fraction of sp³-hybridized carbons (Fsp3) is 0.200. The van der Waals surface area contributed by atoms with Gasteiger partial charge in [-0.3, -0.25) is 9.78 Å². The van der Waals surface area contributed by atoms with Gasteiger partial charge in [-0.25, -0.2) is 0 Å². The molecule has 0 spiro atoms. The van der Waals surface area contributed by atoms with Crippen LogP contribution < -0.4 is 0 Å². The molecule has 0 bridgehead atoms. The van der Waals surface area contributed by atoms with E-state index in [1.807, 2.05) is 24.3 Å². The van der Waals surface area contributed by atoms with Gasteiger partial charge < -0.3 is 0 Å². The first-order valence-electron chi connectivity index (χ1n) is 6.03. The summed E-state index contributed by atoms with van der Waals surface area (Å²) in [6.45, 7) is 0. The van der Waals surface area contributed by atoms with Crippen molar-refractivity contribution in [2.45, 2.75) is 19.3 Å². The minimum Gasteiger partial charge on any atom is -0.287 e. The molecule has 1 aromatic carbocycles. The van der Waals surface area contributed by atoms with Gasteiger partial charge in [0.05, 0.1) is 0 Å². The van der Waals surface area contributed by atoms with Crippen LogP contribution in [0.2, 0.25) is 5.02 Å². The van der Waals surface area contributed by atoms with Gasteiger partial charge in [0.25, 0.3) is 0 Å². The van der Waals surface area contributed by atoms with Crippen molar-refractivity contribution >= 4 is 17.4 Å².